The zero-order valence-corrected chi connectivity index (χ0v) is 10.3. The van der Waals surface area contributed by atoms with Gasteiger partial charge in [0.05, 0.1) is 12.5 Å². The van der Waals surface area contributed by atoms with E-state index in [2.05, 4.69) is 0 Å². The number of hydrogen-bond acceptors (Lipinski definition) is 3. The normalized spacial score (nSPS) is 19.8. The van der Waals surface area contributed by atoms with Crippen molar-refractivity contribution >= 4 is 5.97 Å². The van der Waals surface area contributed by atoms with E-state index in [0.717, 1.165) is 18.4 Å². The zero-order chi connectivity index (χ0) is 12.4. The summed E-state index contributed by atoms with van der Waals surface area (Å²) in [4.78, 5) is 11.7. The lowest BCUT2D eigenvalue weighted by molar-refractivity contribution is -0.148. The van der Waals surface area contributed by atoms with E-state index < -0.39 is 0 Å². The number of phenolic OH excluding ortho intramolecular Hbond substituents is 1. The van der Waals surface area contributed by atoms with Crippen molar-refractivity contribution in [2.24, 2.45) is 5.92 Å². The highest BCUT2D eigenvalue weighted by Crippen LogP contribution is 2.40. The lowest BCUT2D eigenvalue weighted by atomic mass is 9.88. The lowest BCUT2D eigenvalue weighted by Crippen LogP contribution is -2.20. The summed E-state index contributed by atoms with van der Waals surface area (Å²) in [5.41, 5.74) is 2.34. The third-order valence-electron chi connectivity index (χ3n) is 3.52. The van der Waals surface area contributed by atoms with Gasteiger partial charge in [-0.1, -0.05) is 13.0 Å². The summed E-state index contributed by atoms with van der Waals surface area (Å²) in [6.45, 7) is 4.14. The predicted molar refractivity (Wildman–Crippen MR) is 65.0 cm³/mol. The summed E-state index contributed by atoms with van der Waals surface area (Å²) in [5, 5.41) is 9.52. The van der Waals surface area contributed by atoms with Crippen LogP contribution in [0.3, 0.4) is 0 Å². The molecule has 0 bridgehead atoms. The first-order valence-corrected chi connectivity index (χ1v) is 6.12. The molecule has 1 unspecified atom stereocenters. The Labute approximate surface area is 101 Å². The summed E-state index contributed by atoms with van der Waals surface area (Å²) < 4.78 is 5.06. The maximum atomic E-state index is 11.7. The molecular formula is C14H18O3. The van der Waals surface area contributed by atoms with Gasteiger partial charge in [-0.05, 0) is 48.9 Å². The average molecular weight is 234 g/mol. The zero-order valence-electron chi connectivity index (χ0n) is 10.3. The number of rotatable bonds is 3. The van der Waals surface area contributed by atoms with Crippen LogP contribution in [0.4, 0.5) is 0 Å². The third-order valence-corrected chi connectivity index (χ3v) is 3.52. The minimum absolute atomic E-state index is 0.141. The van der Waals surface area contributed by atoms with Gasteiger partial charge in [0.2, 0.25) is 0 Å². The minimum atomic E-state index is -0.145. The Morgan fingerprint density at radius 2 is 2.35 bits per heavy atom. The summed E-state index contributed by atoms with van der Waals surface area (Å²) >= 11 is 0. The molecule has 0 amide bonds. The van der Waals surface area contributed by atoms with Crippen LogP contribution in [0.1, 0.15) is 37.3 Å². The largest absolute Gasteiger partial charge is 0.508 e. The molecule has 0 aromatic heterocycles. The molecule has 1 aliphatic rings. The first-order valence-electron chi connectivity index (χ1n) is 6.12. The fourth-order valence-corrected chi connectivity index (χ4v) is 2.58. The van der Waals surface area contributed by atoms with Gasteiger partial charge in [-0.3, -0.25) is 4.79 Å². The van der Waals surface area contributed by atoms with Gasteiger partial charge in [0.1, 0.15) is 5.75 Å². The molecule has 3 heteroatoms. The molecule has 1 aliphatic carbocycles. The van der Waals surface area contributed by atoms with E-state index in [0.29, 0.717) is 6.61 Å². The van der Waals surface area contributed by atoms with E-state index in [4.69, 9.17) is 4.74 Å². The van der Waals surface area contributed by atoms with E-state index in [9.17, 15) is 9.90 Å². The number of fused-ring (bicyclic) bond motifs is 1. The van der Waals surface area contributed by atoms with Gasteiger partial charge < -0.3 is 9.84 Å². The van der Waals surface area contributed by atoms with Crippen LogP contribution in [-0.4, -0.2) is 17.7 Å². The number of hydrogen-bond donors (Lipinski definition) is 1. The summed E-state index contributed by atoms with van der Waals surface area (Å²) in [6.07, 6.45) is 1.93. The number of aryl methyl sites for hydroxylation is 1. The summed E-state index contributed by atoms with van der Waals surface area (Å²) in [6, 6.07) is 5.43. The molecule has 1 N–H and O–H groups in total. The Hall–Kier alpha value is -1.51. The topological polar surface area (TPSA) is 46.5 Å². The Balaban J connectivity index is 2.21. The highest BCUT2D eigenvalue weighted by Gasteiger charge is 2.32. The van der Waals surface area contributed by atoms with Gasteiger partial charge in [-0.2, -0.15) is 0 Å². The molecule has 2 rings (SSSR count). The van der Waals surface area contributed by atoms with Crippen molar-refractivity contribution in [2.75, 3.05) is 6.61 Å². The van der Waals surface area contributed by atoms with Crippen LogP contribution in [0.15, 0.2) is 18.2 Å². The van der Waals surface area contributed by atoms with Crippen LogP contribution < -0.4 is 0 Å². The second-order valence-electron chi connectivity index (χ2n) is 4.57. The molecule has 1 aromatic carbocycles. The SMILES string of the molecule is CCOC(=O)[C@@H](C)C1CCc2ccc(O)cc21. The van der Waals surface area contributed by atoms with Crippen molar-refractivity contribution in [1.29, 1.82) is 0 Å². The molecule has 0 saturated carbocycles. The second kappa shape index (κ2) is 4.78. The minimum Gasteiger partial charge on any atom is -0.508 e. The molecule has 2 atom stereocenters. The number of carbonyl (C=O) groups is 1. The first kappa shape index (κ1) is 12.0. The average Bonchev–Trinajstić information content (AvgIpc) is 2.71. The van der Waals surface area contributed by atoms with Crippen LogP contribution in [-0.2, 0) is 16.0 Å². The van der Waals surface area contributed by atoms with Crippen LogP contribution in [0, 0.1) is 5.92 Å². The molecule has 0 fully saturated rings. The van der Waals surface area contributed by atoms with Gasteiger partial charge >= 0.3 is 5.97 Å². The summed E-state index contributed by atoms with van der Waals surface area (Å²) in [7, 11) is 0. The van der Waals surface area contributed by atoms with Gasteiger partial charge in [0.15, 0.2) is 0 Å². The standard InChI is InChI=1S/C14H18O3/c1-3-17-14(16)9(2)12-7-5-10-4-6-11(15)8-13(10)12/h4,6,8-9,12,15H,3,5,7H2,1-2H3/t9-,12?/m0/s1. The molecule has 1 aromatic rings. The van der Waals surface area contributed by atoms with Crippen molar-refractivity contribution in [3.63, 3.8) is 0 Å². The van der Waals surface area contributed by atoms with E-state index in [1.807, 2.05) is 19.9 Å². The number of phenols is 1. The first-order chi connectivity index (χ1) is 8.13. The Morgan fingerprint density at radius 1 is 1.59 bits per heavy atom. The third kappa shape index (κ3) is 2.28. The lowest BCUT2D eigenvalue weighted by Gasteiger charge is -2.18. The van der Waals surface area contributed by atoms with Gasteiger partial charge in [-0.15, -0.1) is 0 Å². The Bertz CT molecular complexity index is 425. The molecule has 0 saturated heterocycles. The quantitative estimate of drug-likeness (QED) is 0.818. The second-order valence-corrected chi connectivity index (χ2v) is 4.57. The molecule has 0 aliphatic heterocycles. The van der Waals surface area contributed by atoms with Gasteiger partial charge in [0.25, 0.3) is 0 Å². The number of esters is 1. The highest BCUT2D eigenvalue weighted by atomic mass is 16.5. The number of carbonyl (C=O) groups excluding carboxylic acids is 1. The van der Waals surface area contributed by atoms with E-state index in [-0.39, 0.29) is 23.6 Å². The van der Waals surface area contributed by atoms with Crippen LogP contribution in [0.2, 0.25) is 0 Å². The molecule has 17 heavy (non-hydrogen) atoms. The molecule has 92 valence electrons. The highest BCUT2D eigenvalue weighted by molar-refractivity contribution is 5.73. The smallest absolute Gasteiger partial charge is 0.309 e. The molecule has 3 nitrogen and oxygen atoms in total. The Morgan fingerprint density at radius 3 is 3.06 bits per heavy atom. The van der Waals surface area contributed by atoms with Crippen molar-refractivity contribution in [3.05, 3.63) is 29.3 Å². The van der Waals surface area contributed by atoms with Crippen molar-refractivity contribution in [3.8, 4) is 5.75 Å². The number of benzene rings is 1. The van der Waals surface area contributed by atoms with Crippen molar-refractivity contribution in [1.82, 2.24) is 0 Å². The molecular weight excluding hydrogens is 216 g/mol. The maximum Gasteiger partial charge on any atom is 0.309 e. The molecule has 0 spiro atoms. The fraction of sp³-hybridized carbons (Fsp3) is 0.500. The maximum absolute atomic E-state index is 11.7. The van der Waals surface area contributed by atoms with Crippen LogP contribution in [0.25, 0.3) is 0 Å². The Kier molecular flexibility index (Phi) is 3.36. The van der Waals surface area contributed by atoms with Crippen LogP contribution in [0.5, 0.6) is 5.75 Å². The van der Waals surface area contributed by atoms with Crippen LogP contribution >= 0.6 is 0 Å². The van der Waals surface area contributed by atoms with E-state index >= 15 is 0 Å². The van der Waals surface area contributed by atoms with E-state index in [1.54, 1.807) is 12.1 Å². The predicted octanol–water partition coefficient (Wildman–Crippen LogP) is 2.62. The number of ether oxygens (including phenoxy) is 1. The monoisotopic (exact) mass is 234 g/mol. The molecule has 0 heterocycles. The number of aromatic hydroxyl groups is 1. The summed E-state index contributed by atoms with van der Waals surface area (Å²) in [5.74, 6) is 0.162. The van der Waals surface area contributed by atoms with Crippen molar-refractivity contribution in [2.45, 2.75) is 32.6 Å². The molecule has 0 radical (unpaired) electrons. The van der Waals surface area contributed by atoms with Crippen molar-refractivity contribution < 1.29 is 14.6 Å². The van der Waals surface area contributed by atoms with Gasteiger partial charge in [0, 0.05) is 0 Å². The van der Waals surface area contributed by atoms with Gasteiger partial charge in [-0.25, -0.2) is 0 Å². The fourth-order valence-electron chi connectivity index (χ4n) is 2.58. The van der Waals surface area contributed by atoms with E-state index in [1.165, 1.54) is 5.56 Å².